The highest BCUT2D eigenvalue weighted by Crippen LogP contribution is 2.22. The van der Waals surface area contributed by atoms with Gasteiger partial charge in [-0.05, 0) is 13.0 Å². The van der Waals surface area contributed by atoms with Gasteiger partial charge in [0.05, 0.1) is 10.7 Å². The molecular weight excluding hydrogens is 305 g/mol. The lowest BCUT2D eigenvalue weighted by molar-refractivity contribution is 0.300. The molecule has 3 N–H and O–H groups in total. The van der Waals surface area contributed by atoms with E-state index in [9.17, 15) is 0 Å². The van der Waals surface area contributed by atoms with E-state index in [1.54, 1.807) is 17.5 Å². The first kappa shape index (κ1) is 18.1. The highest BCUT2D eigenvalue weighted by atomic mass is 35.5. The van der Waals surface area contributed by atoms with E-state index in [-0.39, 0.29) is 31.4 Å². The molecule has 106 valence electrons. The van der Waals surface area contributed by atoms with Crippen LogP contribution in [0.5, 0.6) is 0 Å². The summed E-state index contributed by atoms with van der Waals surface area (Å²) in [5, 5.41) is 9.96. The van der Waals surface area contributed by atoms with Crippen LogP contribution in [0.2, 0.25) is 0 Å². The number of nitrogens with two attached hydrogens (primary N) is 1. The monoisotopic (exact) mass is 321 g/mol. The number of aromatic nitrogens is 2. The Balaban J connectivity index is 0.00000162. The van der Waals surface area contributed by atoms with Crippen molar-refractivity contribution in [3.63, 3.8) is 0 Å². The molecule has 0 fully saturated rings. The van der Waals surface area contributed by atoms with Gasteiger partial charge < -0.3 is 10.8 Å². The van der Waals surface area contributed by atoms with Crippen LogP contribution in [0.25, 0.3) is 0 Å². The summed E-state index contributed by atoms with van der Waals surface area (Å²) in [7, 11) is 0. The van der Waals surface area contributed by atoms with E-state index in [0.29, 0.717) is 18.7 Å². The average molecular weight is 322 g/mol. The summed E-state index contributed by atoms with van der Waals surface area (Å²) in [5.41, 5.74) is 7.80. The smallest absolute Gasteiger partial charge is 0.126 e. The minimum absolute atomic E-state index is 0. The molecule has 0 atom stereocenters. The van der Waals surface area contributed by atoms with Crippen molar-refractivity contribution in [1.29, 1.82) is 0 Å². The van der Waals surface area contributed by atoms with Crippen molar-refractivity contribution < 1.29 is 5.11 Å². The second-order valence-electron chi connectivity index (χ2n) is 3.81. The fourth-order valence-electron chi connectivity index (χ4n) is 1.66. The third kappa shape index (κ3) is 4.62. The predicted molar refractivity (Wildman–Crippen MR) is 83.6 cm³/mol. The summed E-state index contributed by atoms with van der Waals surface area (Å²) in [6.45, 7) is 2.13. The number of aryl methyl sites for hydroxylation is 1. The van der Waals surface area contributed by atoms with Crippen LogP contribution in [0.1, 0.15) is 21.1 Å². The molecule has 0 saturated carbocycles. The van der Waals surface area contributed by atoms with Gasteiger partial charge in [0.1, 0.15) is 5.82 Å². The van der Waals surface area contributed by atoms with Gasteiger partial charge in [-0.25, -0.2) is 9.97 Å². The minimum atomic E-state index is 0. The van der Waals surface area contributed by atoms with E-state index < -0.39 is 0 Å². The number of rotatable bonds is 4. The third-order valence-corrected chi connectivity index (χ3v) is 3.76. The molecular formula is C12H17Cl2N3OS. The van der Waals surface area contributed by atoms with Gasteiger partial charge in [0.15, 0.2) is 0 Å². The van der Waals surface area contributed by atoms with E-state index in [1.807, 2.05) is 19.1 Å². The molecule has 4 nitrogen and oxygen atoms in total. The summed E-state index contributed by atoms with van der Waals surface area (Å²) < 4.78 is 0. The average Bonchev–Trinajstić information content (AvgIpc) is 2.63. The normalized spacial score (nSPS) is 9.58. The van der Waals surface area contributed by atoms with Crippen molar-refractivity contribution in [2.75, 3.05) is 12.3 Å². The van der Waals surface area contributed by atoms with Crippen LogP contribution < -0.4 is 5.73 Å². The summed E-state index contributed by atoms with van der Waals surface area (Å²) in [6, 6.07) is 3.84. The molecule has 19 heavy (non-hydrogen) atoms. The molecule has 0 bridgehead atoms. The molecule has 0 aliphatic heterocycles. The Labute approximate surface area is 128 Å². The number of aliphatic hydroxyl groups is 1. The van der Waals surface area contributed by atoms with Crippen LogP contribution in [-0.4, -0.2) is 21.7 Å². The van der Waals surface area contributed by atoms with Crippen LogP contribution in [0.4, 0.5) is 5.82 Å². The van der Waals surface area contributed by atoms with Gasteiger partial charge in [0.25, 0.3) is 0 Å². The first-order chi connectivity index (χ1) is 8.20. The zero-order valence-corrected chi connectivity index (χ0v) is 12.9. The second kappa shape index (κ2) is 8.32. The summed E-state index contributed by atoms with van der Waals surface area (Å²) >= 11 is 1.63. The quantitative estimate of drug-likeness (QED) is 0.907. The molecule has 2 aromatic rings. The van der Waals surface area contributed by atoms with Gasteiger partial charge in [0, 0.05) is 36.1 Å². The molecule has 0 spiro atoms. The molecule has 0 aromatic carbocycles. The number of pyridine rings is 1. The number of anilines is 1. The molecule has 2 rings (SSSR count). The van der Waals surface area contributed by atoms with Crippen LogP contribution in [0.15, 0.2) is 18.3 Å². The Morgan fingerprint density at radius 3 is 2.74 bits per heavy atom. The summed E-state index contributed by atoms with van der Waals surface area (Å²) in [6.07, 6.45) is 3.06. The predicted octanol–water partition coefficient (Wildman–Crippen LogP) is 2.40. The largest absolute Gasteiger partial charge is 0.396 e. The number of nitrogen functional groups attached to an aromatic ring is 1. The lowest BCUT2D eigenvalue weighted by Gasteiger charge is -2.00. The molecule has 0 unspecified atom stereocenters. The van der Waals surface area contributed by atoms with E-state index in [1.165, 1.54) is 0 Å². The first-order valence-corrected chi connectivity index (χ1v) is 6.27. The Bertz CT molecular complexity index is 519. The Morgan fingerprint density at radius 1 is 1.37 bits per heavy atom. The van der Waals surface area contributed by atoms with Crippen LogP contribution in [0, 0.1) is 6.92 Å². The number of halogens is 2. The third-order valence-electron chi connectivity index (χ3n) is 2.54. The molecule has 2 heterocycles. The van der Waals surface area contributed by atoms with Crippen molar-refractivity contribution in [1.82, 2.24) is 9.97 Å². The van der Waals surface area contributed by atoms with Crippen molar-refractivity contribution in [3.05, 3.63) is 39.5 Å². The molecule has 7 heteroatoms. The number of aliphatic hydroxyl groups excluding tert-OH is 1. The highest BCUT2D eigenvalue weighted by molar-refractivity contribution is 7.11. The lowest BCUT2D eigenvalue weighted by atomic mass is 10.2. The van der Waals surface area contributed by atoms with Gasteiger partial charge in [0.2, 0.25) is 0 Å². The SMILES string of the molecule is Cc1nc(Cc2cccnc2N)sc1CCO.Cl.Cl. The zero-order chi connectivity index (χ0) is 12.3. The maximum Gasteiger partial charge on any atom is 0.126 e. The summed E-state index contributed by atoms with van der Waals surface area (Å²) in [5.74, 6) is 0.559. The van der Waals surface area contributed by atoms with Gasteiger partial charge in [-0.2, -0.15) is 0 Å². The maximum absolute atomic E-state index is 8.94. The first-order valence-electron chi connectivity index (χ1n) is 5.46. The fraction of sp³-hybridized carbons (Fsp3) is 0.333. The zero-order valence-electron chi connectivity index (χ0n) is 10.5. The Kier molecular flexibility index (Phi) is 7.94. The standard InChI is InChI=1S/C12H15N3OS.2ClH/c1-8-10(4-6-16)17-11(15-8)7-9-3-2-5-14-12(9)13;;/h2-3,5,16H,4,6-7H2,1H3,(H2,13,14);2*1H. The molecule has 0 saturated heterocycles. The highest BCUT2D eigenvalue weighted by Gasteiger charge is 2.09. The van der Waals surface area contributed by atoms with Crippen molar-refractivity contribution >= 4 is 42.0 Å². The number of thiazole rings is 1. The van der Waals surface area contributed by atoms with Gasteiger partial charge >= 0.3 is 0 Å². The molecule has 0 amide bonds. The van der Waals surface area contributed by atoms with Gasteiger partial charge in [-0.3, -0.25) is 0 Å². The Morgan fingerprint density at radius 2 is 2.11 bits per heavy atom. The number of hydrogen-bond donors (Lipinski definition) is 2. The molecule has 0 aliphatic carbocycles. The topological polar surface area (TPSA) is 72.0 Å². The number of hydrogen-bond acceptors (Lipinski definition) is 5. The van der Waals surface area contributed by atoms with Crippen LogP contribution in [-0.2, 0) is 12.8 Å². The van der Waals surface area contributed by atoms with Gasteiger partial charge in [-0.15, -0.1) is 36.2 Å². The van der Waals surface area contributed by atoms with E-state index in [4.69, 9.17) is 10.8 Å². The van der Waals surface area contributed by atoms with E-state index in [0.717, 1.165) is 21.1 Å². The van der Waals surface area contributed by atoms with Crippen LogP contribution in [0.3, 0.4) is 0 Å². The molecule has 0 aliphatic rings. The Hall–Kier alpha value is -0.880. The fourth-order valence-corrected chi connectivity index (χ4v) is 2.74. The summed E-state index contributed by atoms with van der Waals surface area (Å²) in [4.78, 5) is 9.69. The maximum atomic E-state index is 8.94. The van der Waals surface area contributed by atoms with Crippen molar-refractivity contribution in [3.8, 4) is 0 Å². The minimum Gasteiger partial charge on any atom is -0.396 e. The number of nitrogens with zero attached hydrogens (tertiary/aromatic N) is 2. The lowest BCUT2D eigenvalue weighted by Crippen LogP contribution is -1.97. The van der Waals surface area contributed by atoms with Crippen LogP contribution >= 0.6 is 36.2 Å². The molecule has 2 aromatic heterocycles. The van der Waals surface area contributed by atoms with E-state index in [2.05, 4.69) is 9.97 Å². The van der Waals surface area contributed by atoms with Gasteiger partial charge in [-0.1, -0.05) is 6.07 Å². The second-order valence-corrected chi connectivity index (χ2v) is 4.98. The molecule has 0 radical (unpaired) electrons. The van der Waals surface area contributed by atoms with Crippen molar-refractivity contribution in [2.24, 2.45) is 0 Å². The van der Waals surface area contributed by atoms with E-state index >= 15 is 0 Å². The van der Waals surface area contributed by atoms with Crippen molar-refractivity contribution in [2.45, 2.75) is 19.8 Å².